The fourth-order valence-corrected chi connectivity index (χ4v) is 4.13. The second kappa shape index (κ2) is 14.0. The Kier molecular flexibility index (Phi) is 10.8. The van der Waals surface area contributed by atoms with Gasteiger partial charge < -0.3 is 19.7 Å². The number of nitrogens with zero attached hydrogens (tertiary/aromatic N) is 3. The minimum Gasteiger partial charge on any atom is -0.492 e. The first-order valence-corrected chi connectivity index (χ1v) is 14.0. The molecule has 2 aromatic carbocycles. The molecule has 0 fully saturated rings. The Morgan fingerprint density at radius 3 is 2.51 bits per heavy atom. The molecule has 0 aliphatic heterocycles. The Hall–Kier alpha value is -3.12. The maximum absolute atomic E-state index is 12.7. The third-order valence-electron chi connectivity index (χ3n) is 5.24. The first kappa shape index (κ1) is 28.5. The number of hydrogen-bond acceptors (Lipinski definition) is 8. The van der Waals surface area contributed by atoms with Crippen molar-refractivity contribution < 1.29 is 17.9 Å². The Labute approximate surface area is 222 Å². The van der Waals surface area contributed by atoms with Gasteiger partial charge in [0.15, 0.2) is 0 Å². The lowest BCUT2D eigenvalue weighted by atomic mass is 10.2. The third kappa shape index (κ3) is 10.0. The Morgan fingerprint density at radius 1 is 1.08 bits per heavy atom. The van der Waals surface area contributed by atoms with E-state index >= 15 is 0 Å². The van der Waals surface area contributed by atoms with E-state index in [9.17, 15) is 13.2 Å². The number of likely N-dealkylation sites (N-methyl/N-ethyl adjacent to an activating group) is 1. The maximum Gasteiger partial charge on any atom is 0.293 e. The second-order valence-electron chi connectivity index (χ2n) is 8.47. The average molecular weight is 550 g/mol. The molecule has 37 heavy (non-hydrogen) atoms. The predicted octanol–water partition coefficient (Wildman–Crippen LogP) is 3.26. The number of sulfonamides is 1. The highest BCUT2D eigenvalue weighted by atomic mass is 35.5. The fraction of sp³-hybridized carbons (Fsp3) is 0.360. The van der Waals surface area contributed by atoms with Crippen molar-refractivity contribution in [2.75, 3.05) is 49.6 Å². The van der Waals surface area contributed by atoms with Gasteiger partial charge >= 0.3 is 0 Å². The van der Waals surface area contributed by atoms with Crippen molar-refractivity contribution in [3.05, 3.63) is 81.7 Å². The Morgan fingerprint density at radius 2 is 1.81 bits per heavy atom. The van der Waals surface area contributed by atoms with Crippen molar-refractivity contribution in [3.63, 3.8) is 0 Å². The van der Waals surface area contributed by atoms with E-state index in [-0.39, 0.29) is 17.3 Å². The molecule has 0 unspecified atom stereocenters. The quantitative estimate of drug-likeness (QED) is 0.278. The highest BCUT2D eigenvalue weighted by Crippen LogP contribution is 2.17. The first-order valence-electron chi connectivity index (χ1n) is 11.7. The standard InChI is InChI=1S/C25H32ClN5O5S/c1-30(15-16-36-22-11-9-21(10-12-22)29-37(2,33)34)14-6-13-27-24-23(26)17-28-31(25(24)32)19-35-18-20-7-4-3-5-8-20/h3-5,7-12,17,27,29H,6,13-16,18-19H2,1-2H3. The van der Waals surface area contributed by atoms with Gasteiger partial charge in [0.2, 0.25) is 10.0 Å². The molecule has 0 saturated heterocycles. The number of aromatic nitrogens is 2. The topological polar surface area (TPSA) is 115 Å². The van der Waals surface area contributed by atoms with Gasteiger partial charge in [0, 0.05) is 18.8 Å². The number of benzene rings is 2. The van der Waals surface area contributed by atoms with Gasteiger partial charge in [-0.15, -0.1) is 0 Å². The Balaban J connectivity index is 1.36. The van der Waals surface area contributed by atoms with Crippen molar-refractivity contribution >= 4 is 33.0 Å². The molecule has 3 aromatic rings. The monoisotopic (exact) mass is 549 g/mol. The molecule has 12 heteroatoms. The van der Waals surface area contributed by atoms with E-state index in [1.165, 1.54) is 10.9 Å². The normalized spacial score (nSPS) is 11.5. The molecule has 0 aliphatic rings. The van der Waals surface area contributed by atoms with E-state index in [2.05, 4.69) is 20.0 Å². The smallest absolute Gasteiger partial charge is 0.293 e. The fourth-order valence-electron chi connectivity index (χ4n) is 3.37. The highest BCUT2D eigenvalue weighted by molar-refractivity contribution is 7.92. The van der Waals surface area contributed by atoms with E-state index in [1.807, 2.05) is 37.4 Å². The van der Waals surface area contributed by atoms with Crippen LogP contribution in [-0.2, 0) is 28.1 Å². The van der Waals surface area contributed by atoms with Crippen LogP contribution in [0.4, 0.5) is 11.4 Å². The molecule has 0 bridgehead atoms. The minimum absolute atomic E-state index is 0.0270. The molecule has 10 nitrogen and oxygen atoms in total. The lowest BCUT2D eigenvalue weighted by Gasteiger charge is -2.17. The van der Waals surface area contributed by atoms with Gasteiger partial charge in [-0.2, -0.15) is 5.10 Å². The third-order valence-corrected chi connectivity index (χ3v) is 6.13. The van der Waals surface area contributed by atoms with Crippen molar-refractivity contribution in [2.45, 2.75) is 19.8 Å². The molecule has 0 radical (unpaired) electrons. The second-order valence-corrected chi connectivity index (χ2v) is 10.6. The summed E-state index contributed by atoms with van der Waals surface area (Å²) >= 11 is 6.20. The molecular weight excluding hydrogens is 518 g/mol. The lowest BCUT2D eigenvalue weighted by Crippen LogP contribution is -2.29. The van der Waals surface area contributed by atoms with Gasteiger partial charge in [0.1, 0.15) is 24.8 Å². The predicted molar refractivity (Wildman–Crippen MR) is 146 cm³/mol. The molecule has 1 heterocycles. The van der Waals surface area contributed by atoms with Gasteiger partial charge in [-0.3, -0.25) is 9.52 Å². The molecule has 0 spiro atoms. The summed E-state index contributed by atoms with van der Waals surface area (Å²) < 4.78 is 37.5. The van der Waals surface area contributed by atoms with Gasteiger partial charge in [-0.25, -0.2) is 13.1 Å². The van der Waals surface area contributed by atoms with Gasteiger partial charge in [-0.05, 0) is 49.8 Å². The van der Waals surface area contributed by atoms with Crippen LogP contribution in [0.2, 0.25) is 5.02 Å². The van der Waals surface area contributed by atoms with Crippen molar-refractivity contribution in [3.8, 4) is 5.75 Å². The summed E-state index contributed by atoms with van der Waals surface area (Å²) in [7, 11) is -1.32. The van der Waals surface area contributed by atoms with Gasteiger partial charge in [0.25, 0.3) is 5.56 Å². The highest BCUT2D eigenvalue weighted by Gasteiger charge is 2.10. The largest absolute Gasteiger partial charge is 0.492 e. The van der Waals surface area contributed by atoms with Crippen LogP contribution in [0.25, 0.3) is 0 Å². The molecule has 0 saturated carbocycles. The maximum atomic E-state index is 12.7. The minimum atomic E-state index is -3.30. The summed E-state index contributed by atoms with van der Waals surface area (Å²) in [5, 5.41) is 7.45. The van der Waals surface area contributed by atoms with Crippen LogP contribution in [0.5, 0.6) is 5.75 Å². The van der Waals surface area contributed by atoms with Crippen LogP contribution in [-0.4, -0.2) is 62.6 Å². The summed E-state index contributed by atoms with van der Waals surface area (Å²) in [5.41, 5.74) is 1.47. The molecule has 3 rings (SSSR count). The lowest BCUT2D eigenvalue weighted by molar-refractivity contribution is 0.0530. The summed E-state index contributed by atoms with van der Waals surface area (Å²) in [4.78, 5) is 14.9. The van der Waals surface area contributed by atoms with Gasteiger partial charge in [0.05, 0.1) is 24.1 Å². The Bertz CT molecular complexity index is 1290. The van der Waals surface area contributed by atoms with E-state index in [0.29, 0.717) is 43.4 Å². The zero-order valence-electron chi connectivity index (χ0n) is 20.9. The van der Waals surface area contributed by atoms with Crippen LogP contribution in [0.15, 0.2) is 65.6 Å². The van der Waals surface area contributed by atoms with E-state index < -0.39 is 10.0 Å². The van der Waals surface area contributed by atoms with Crippen LogP contribution in [0.3, 0.4) is 0 Å². The molecule has 1 aromatic heterocycles. The van der Waals surface area contributed by atoms with Crippen LogP contribution >= 0.6 is 11.6 Å². The van der Waals surface area contributed by atoms with E-state index in [1.54, 1.807) is 24.3 Å². The number of hydrogen-bond donors (Lipinski definition) is 2. The van der Waals surface area contributed by atoms with Crippen LogP contribution in [0.1, 0.15) is 12.0 Å². The van der Waals surface area contributed by atoms with Crippen molar-refractivity contribution in [1.82, 2.24) is 14.7 Å². The number of rotatable bonds is 15. The molecule has 0 aliphatic carbocycles. The molecule has 0 amide bonds. The van der Waals surface area contributed by atoms with Crippen molar-refractivity contribution in [2.24, 2.45) is 0 Å². The zero-order valence-corrected chi connectivity index (χ0v) is 22.5. The molecular formula is C25H32ClN5O5S. The summed E-state index contributed by atoms with van der Waals surface area (Å²) in [5.74, 6) is 0.658. The zero-order chi connectivity index (χ0) is 26.7. The summed E-state index contributed by atoms with van der Waals surface area (Å²) in [6.45, 7) is 2.92. The number of nitrogens with one attached hydrogen (secondary N) is 2. The molecule has 2 N–H and O–H groups in total. The van der Waals surface area contributed by atoms with E-state index in [0.717, 1.165) is 24.8 Å². The van der Waals surface area contributed by atoms with E-state index in [4.69, 9.17) is 21.1 Å². The number of ether oxygens (including phenoxy) is 2. The first-order chi connectivity index (χ1) is 17.7. The SMILES string of the molecule is CN(CCCNc1c(Cl)cnn(COCc2ccccc2)c1=O)CCOc1ccc(NS(C)(=O)=O)cc1. The van der Waals surface area contributed by atoms with Crippen LogP contribution in [0, 0.1) is 0 Å². The number of anilines is 2. The average Bonchev–Trinajstić information content (AvgIpc) is 2.86. The summed E-state index contributed by atoms with van der Waals surface area (Å²) in [6.07, 6.45) is 3.32. The van der Waals surface area contributed by atoms with Crippen molar-refractivity contribution in [1.29, 1.82) is 0 Å². The van der Waals surface area contributed by atoms with Gasteiger partial charge in [-0.1, -0.05) is 41.9 Å². The number of halogens is 1. The molecule has 0 atom stereocenters. The molecule has 200 valence electrons. The summed E-state index contributed by atoms with van der Waals surface area (Å²) in [6, 6.07) is 16.4. The van der Waals surface area contributed by atoms with Crippen LogP contribution < -0.4 is 20.3 Å².